The van der Waals surface area contributed by atoms with Crippen molar-refractivity contribution in [3.05, 3.63) is 17.2 Å². The van der Waals surface area contributed by atoms with Gasteiger partial charge in [0.25, 0.3) is 5.91 Å². The Morgan fingerprint density at radius 3 is 2.25 bits per heavy atom. The van der Waals surface area contributed by atoms with Gasteiger partial charge in [0.05, 0.1) is 0 Å². The summed E-state index contributed by atoms with van der Waals surface area (Å²) in [6, 6.07) is 0.463. The van der Waals surface area contributed by atoms with E-state index >= 15 is 0 Å². The van der Waals surface area contributed by atoms with Crippen molar-refractivity contribution in [3.63, 3.8) is 0 Å². The molecular formula is C21H38N6O. The number of carbonyl (C=O) groups excluding carboxylic acids is 1. The molecule has 2 fully saturated rings. The molecule has 28 heavy (non-hydrogen) atoms. The number of aromatic nitrogens is 2. The number of piperidine rings is 1. The first-order valence-electron chi connectivity index (χ1n) is 11.0. The Balaban J connectivity index is 1.49. The van der Waals surface area contributed by atoms with Crippen LogP contribution in [0.3, 0.4) is 0 Å². The maximum Gasteiger partial charge on any atom is 0.271 e. The molecule has 3 heterocycles. The molecule has 0 atom stereocenters. The van der Waals surface area contributed by atoms with Crippen molar-refractivity contribution in [1.29, 1.82) is 0 Å². The summed E-state index contributed by atoms with van der Waals surface area (Å²) in [5, 5.41) is 3.10. The molecule has 0 radical (unpaired) electrons. The van der Waals surface area contributed by atoms with Crippen LogP contribution in [0.2, 0.25) is 0 Å². The first-order valence-corrected chi connectivity index (χ1v) is 11.0. The van der Waals surface area contributed by atoms with Gasteiger partial charge in [-0.25, -0.2) is 4.98 Å². The van der Waals surface area contributed by atoms with E-state index in [0.717, 1.165) is 70.2 Å². The lowest BCUT2D eigenvalue weighted by Crippen LogP contribution is -2.48. The van der Waals surface area contributed by atoms with Crippen molar-refractivity contribution in [1.82, 2.24) is 29.6 Å². The lowest BCUT2D eigenvalue weighted by atomic mass is 10.0. The fourth-order valence-electron chi connectivity index (χ4n) is 4.62. The van der Waals surface area contributed by atoms with Gasteiger partial charge in [-0.3, -0.25) is 9.69 Å². The van der Waals surface area contributed by atoms with Gasteiger partial charge in [0.1, 0.15) is 11.5 Å². The number of nitrogens with zero attached hydrogens (tertiary/aromatic N) is 5. The van der Waals surface area contributed by atoms with Gasteiger partial charge >= 0.3 is 0 Å². The minimum atomic E-state index is -0.0307. The summed E-state index contributed by atoms with van der Waals surface area (Å²) in [6.45, 7) is 15.8. The Morgan fingerprint density at radius 1 is 1.04 bits per heavy atom. The van der Waals surface area contributed by atoms with Crippen molar-refractivity contribution >= 4 is 5.91 Å². The van der Waals surface area contributed by atoms with Gasteiger partial charge in [-0.15, -0.1) is 0 Å². The number of rotatable bonds is 7. The largest absolute Gasteiger partial charge is 0.349 e. The number of hydrogen-bond acceptors (Lipinski definition) is 5. The minimum absolute atomic E-state index is 0.0307. The highest BCUT2D eigenvalue weighted by molar-refractivity contribution is 5.93. The van der Waals surface area contributed by atoms with Crippen LogP contribution in [-0.2, 0) is 0 Å². The molecular weight excluding hydrogens is 352 g/mol. The first kappa shape index (κ1) is 21.3. The fourth-order valence-corrected chi connectivity index (χ4v) is 4.62. The molecule has 3 rings (SSSR count). The van der Waals surface area contributed by atoms with Crippen molar-refractivity contribution in [2.24, 2.45) is 0 Å². The molecule has 158 valence electrons. The number of piperazine rings is 1. The summed E-state index contributed by atoms with van der Waals surface area (Å²) in [7, 11) is 2.17. The van der Waals surface area contributed by atoms with E-state index < -0.39 is 0 Å². The van der Waals surface area contributed by atoms with Crippen LogP contribution in [-0.4, -0.2) is 96.1 Å². The standard InChI is InChI=1S/C21H38N6O/c1-5-9-25-13-15-26(16-14-25)12-8-22-21(28)20-17(2)27(18(3)23-20)19-6-10-24(4)11-7-19/h19H,5-16H2,1-4H3,(H,22,28). The molecule has 7 nitrogen and oxygen atoms in total. The van der Waals surface area contributed by atoms with Crippen molar-refractivity contribution in [3.8, 4) is 0 Å². The zero-order valence-electron chi connectivity index (χ0n) is 18.2. The zero-order chi connectivity index (χ0) is 20.1. The molecule has 1 aromatic rings. The second-order valence-corrected chi connectivity index (χ2v) is 8.44. The number of likely N-dealkylation sites (tertiary alicyclic amines) is 1. The lowest BCUT2D eigenvalue weighted by Gasteiger charge is -2.34. The van der Waals surface area contributed by atoms with E-state index in [1.165, 1.54) is 13.0 Å². The molecule has 2 saturated heterocycles. The first-order chi connectivity index (χ1) is 13.5. The van der Waals surface area contributed by atoms with E-state index in [2.05, 4.69) is 43.5 Å². The quantitative estimate of drug-likeness (QED) is 0.765. The third-order valence-electron chi connectivity index (χ3n) is 6.31. The number of nitrogens with one attached hydrogen (secondary N) is 1. The normalized spacial score (nSPS) is 20.6. The summed E-state index contributed by atoms with van der Waals surface area (Å²) in [6.07, 6.45) is 3.47. The average molecular weight is 391 g/mol. The van der Waals surface area contributed by atoms with E-state index in [1.54, 1.807) is 0 Å². The van der Waals surface area contributed by atoms with E-state index in [0.29, 0.717) is 18.3 Å². The molecule has 0 spiro atoms. The predicted molar refractivity (Wildman–Crippen MR) is 113 cm³/mol. The second kappa shape index (κ2) is 9.85. The molecule has 7 heteroatoms. The Hall–Kier alpha value is -1.44. The van der Waals surface area contributed by atoms with Gasteiger partial charge in [0.2, 0.25) is 0 Å². The van der Waals surface area contributed by atoms with E-state index in [-0.39, 0.29) is 5.91 Å². The highest BCUT2D eigenvalue weighted by atomic mass is 16.1. The molecule has 0 aromatic carbocycles. The van der Waals surface area contributed by atoms with E-state index in [9.17, 15) is 4.79 Å². The van der Waals surface area contributed by atoms with Gasteiger partial charge in [0.15, 0.2) is 0 Å². The number of aryl methyl sites for hydroxylation is 1. The number of hydrogen-bond donors (Lipinski definition) is 1. The highest BCUT2D eigenvalue weighted by Crippen LogP contribution is 2.26. The molecule has 0 bridgehead atoms. The number of imidazole rings is 1. The Morgan fingerprint density at radius 2 is 1.64 bits per heavy atom. The topological polar surface area (TPSA) is 56.6 Å². The molecule has 0 saturated carbocycles. The van der Waals surface area contributed by atoms with Crippen molar-refractivity contribution in [2.75, 3.05) is 66.0 Å². The van der Waals surface area contributed by atoms with Gasteiger partial charge in [-0.05, 0) is 59.8 Å². The summed E-state index contributed by atoms with van der Waals surface area (Å²) in [4.78, 5) is 24.7. The predicted octanol–water partition coefficient (Wildman–Crippen LogP) is 1.52. The minimum Gasteiger partial charge on any atom is -0.349 e. The molecule has 1 aromatic heterocycles. The highest BCUT2D eigenvalue weighted by Gasteiger charge is 2.25. The Labute approximate surface area is 170 Å². The summed E-state index contributed by atoms with van der Waals surface area (Å²) in [5.74, 6) is 0.932. The van der Waals surface area contributed by atoms with Crippen LogP contribution in [0.1, 0.15) is 54.2 Å². The van der Waals surface area contributed by atoms with Gasteiger partial charge in [-0.2, -0.15) is 0 Å². The molecule has 2 aliphatic rings. The van der Waals surface area contributed by atoms with Crippen LogP contribution >= 0.6 is 0 Å². The van der Waals surface area contributed by atoms with Crippen LogP contribution < -0.4 is 5.32 Å². The molecule has 0 unspecified atom stereocenters. The molecule has 1 N–H and O–H groups in total. The number of carbonyl (C=O) groups is 1. The maximum absolute atomic E-state index is 12.7. The number of amides is 1. The monoisotopic (exact) mass is 390 g/mol. The average Bonchev–Trinajstić information content (AvgIpc) is 2.98. The maximum atomic E-state index is 12.7. The second-order valence-electron chi connectivity index (χ2n) is 8.44. The van der Waals surface area contributed by atoms with Crippen molar-refractivity contribution < 1.29 is 4.79 Å². The summed E-state index contributed by atoms with van der Waals surface area (Å²) in [5.41, 5.74) is 1.61. The van der Waals surface area contributed by atoms with E-state index in [1.807, 2.05) is 13.8 Å². The van der Waals surface area contributed by atoms with Crippen LogP contribution in [0.5, 0.6) is 0 Å². The third kappa shape index (κ3) is 5.13. The Bertz CT molecular complexity index is 642. The van der Waals surface area contributed by atoms with Crippen LogP contribution in [0, 0.1) is 13.8 Å². The van der Waals surface area contributed by atoms with Gasteiger partial charge < -0.3 is 19.7 Å². The van der Waals surface area contributed by atoms with Crippen LogP contribution in [0.4, 0.5) is 0 Å². The lowest BCUT2D eigenvalue weighted by molar-refractivity contribution is 0.0931. The summed E-state index contributed by atoms with van der Waals surface area (Å²) >= 11 is 0. The Kier molecular flexibility index (Phi) is 7.48. The molecule has 1 amide bonds. The summed E-state index contributed by atoms with van der Waals surface area (Å²) < 4.78 is 2.29. The van der Waals surface area contributed by atoms with Gasteiger partial charge in [-0.1, -0.05) is 6.92 Å². The van der Waals surface area contributed by atoms with Crippen LogP contribution in [0.15, 0.2) is 0 Å². The van der Waals surface area contributed by atoms with E-state index in [4.69, 9.17) is 0 Å². The SMILES string of the molecule is CCCN1CCN(CCNC(=O)c2nc(C)n(C3CCN(C)CC3)c2C)CC1. The fraction of sp³-hybridized carbons (Fsp3) is 0.810. The van der Waals surface area contributed by atoms with Crippen LogP contribution in [0.25, 0.3) is 0 Å². The molecule has 2 aliphatic heterocycles. The third-order valence-corrected chi connectivity index (χ3v) is 6.31. The zero-order valence-corrected chi connectivity index (χ0v) is 18.2. The van der Waals surface area contributed by atoms with Gasteiger partial charge in [0, 0.05) is 51.0 Å². The smallest absolute Gasteiger partial charge is 0.271 e. The molecule has 0 aliphatic carbocycles. The van der Waals surface area contributed by atoms with Crippen molar-refractivity contribution in [2.45, 2.75) is 46.1 Å².